The monoisotopic (exact) mass is 519 g/mol. The number of H-pyrrole nitrogens is 1. The van der Waals surface area contributed by atoms with E-state index in [-0.39, 0.29) is 41.1 Å². The molecule has 3 aliphatic carbocycles. The number of carbonyl (C=O) groups is 4. The van der Waals surface area contributed by atoms with Crippen molar-refractivity contribution in [3.8, 4) is 5.75 Å². The summed E-state index contributed by atoms with van der Waals surface area (Å²) in [5.41, 5.74) is 1.58. The molecule has 6 rings (SSSR count). The average molecular weight is 520 g/mol. The molecule has 4 aliphatic rings. The lowest BCUT2D eigenvalue weighted by Gasteiger charge is -2.30. The molecule has 1 spiro atoms. The lowest BCUT2D eigenvalue weighted by atomic mass is 9.91. The van der Waals surface area contributed by atoms with Gasteiger partial charge >= 0.3 is 0 Å². The molecule has 2 heterocycles. The Morgan fingerprint density at radius 3 is 2.74 bits per heavy atom. The summed E-state index contributed by atoms with van der Waals surface area (Å²) < 4.78 is 5.47. The molecule has 3 saturated carbocycles. The van der Waals surface area contributed by atoms with Gasteiger partial charge in [-0.2, -0.15) is 0 Å². The zero-order chi connectivity index (χ0) is 26.6. The van der Waals surface area contributed by atoms with Crippen molar-refractivity contribution >= 4 is 34.3 Å². The highest BCUT2D eigenvalue weighted by molar-refractivity contribution is 6.02. The minimum Gasteiger partial charge on any atom is -0.496 e. The minimum atomic E-state index is -0.691. The molecule has 2 N–H and O–H groups in total. The summed E-state index contributed by atoms with van der Waals surface area (Å²) >= 11 is 0. The van der Waals surface area contributed by atoms with Crippen molar-refractivity contribution in [1.82, 2.24) is 15.2 Å². The van der Waals surface area contributed by atoms with Crippen LogP contribution < -0.4 is 10.1 Å². The fourth-order valence-electron chi connectivity index (χ4n) is 7.53. The number of hydrogen-bond acceptors (Lipinski definition) is 5. The van der Waals surface area contributed by atoms with E-state index in [9.17, 15) is 19.2 Å². The number of methoxy groups -OCH3 is 1. The lowest BCUT2D eigenvalue weighted by Crippen LogP contribution is -2.53. The van der Waals surface area contributed by atoms with Crippen LogP contribution in [0.2, 0.25) is 0 Å². The number of Topliss-reactive ketones (excluding diaryl/α,β-unsaturated/α-hetero) is 2. The third-order valence-electron chi connectivity index (χ3n) is 9.71. The van der Waals surface area contributed by atoms with Gasteiger partial charge in [0.2, 0.25) is 5.91 Å². The van der Waals surface area contributed by atoms with Crippen LogP contribution in [-0.2, 0) is 14.4 Å². The van der Waals surface area contributed by atoms with E-state index in [0.29, 0.717) is 42.7 Å². The molecule has 1 aromatic heterocycles. The first-order valence-corrected chi connectivity index (χ1v) is 14.1. The van der Waals surface area contributed by atoms with Gasteiger partial charge in [-0.3, -0.25) is 19.2 Å². The zero-order valence-electron chi connectivity index (χ0n) is 22.3. The number of ether oxygens (including phenoxy) is 1. The second-order valence-electron chi connectivity index (χ2n) is 12.0. The molecule has 2 amide bonds. The molecule has 0 radical (unpaired) electrons. The van der Waals surface area contributed by atoms with Gasteiger partial charge in [-0.05, 0) is 80.4 Å². The van der Waals surface area contributed by atoms with Gasteiger partial charge in [0.1, 0.15) is 23.3 Å². The average Bonchev–Trinajstić information content (AvgIpc) is 3.24. The smallest absolute Gasteiger partial charge is 0.271 e. The van der Waals surface area contributed by atoms with Gasteiger partial charge in [0, 0.05) is 36.2 Å². The summed E-state index contributed by atoms with van der Waals surface area (Å²) in [5, 5.41) is 3.86. The Labute approximate surface area is 222 Å². The Kier molecular flexibility index (Phi) is 6.31. The van der Waals surface area contributed by atoms with Crippen molar-refractivity contribution in [2.75, 3.05) is 13.7 Å². The second-order valence-corrected chi connectivity index (χ2v) is 12.0. The summed E-state index contributed by atoms with van der Waals surface area (Å²) in [6, 6.07) is 6.13. The standard InChI is InChI=1S/C30H37N3O5/c1-3-24(34)22(12-17-6-4-8-25(17)35)32-28(36)27-20-15-30(10-11-30)14-18(20)16-33(27)29(37)23-13-19-21(31-23)7-5-9-26(19)38-2/h5,7,9,13,17-18,20,22,27,31H,3-4,6,8,10-12,14-16H2,1-2H3,(H,32,36). The van der Waals surface area contributed by atoms with Gasteiger partial charge in [0.15, 0.2) is 5.78 Å². The van der Waals surface area contributed by atoms with Crippen LogP contribution in [0.4, 0.5) is 0 Å². The van der Waals surface area contributed by atoms with Crippen molar-refractivity contribution in [3.63, 3.8) is 0 Å². The van der Waals surface area contributed by atoms with E-state index in [1.54, 1.807) is 25.0 Å². The van der Waals surface area contributed by atoms with Crippen molar-refractivity contribution in [1.29, 1.82) is 0 Å². The SMILES string of the molecule is CCC(=O)C(CC1CCCC1=O)NC(=O)C1C2CC3(CC3)CC2CN1C(=O)c1cc2c(OC)cccc2[nH]1. The summed E-state index contributed by atoms with van der Waals surface area (Å²) in [5.74, 6) is 0.556. The molecule has 1 saturated heterocycles. The maximum atomic E-state index is 14.0. The molecule has 4 fully saturated rings. The van der Waals surface area contributed by atoms with Crippen LogP contribution in [0.5, 0.6) is 5.75 Å². The van der Waals surface area contributed by atoms with Gasteiger partial charge in [0.25, 0.3) is 5.91 Å². The van der Waals surface area contributed by atoms with E-state index in [0.717, 1.165) is 36.6 Å². The summed E-state index contributed by atoms with van der Waals surface area (Å²) in [7, 11) is 1.60. The van der Waals surface area contributed by atoms with E-state index < -0.39 is 12.1 Å². The number of rotatable bonds is 8. The van der Waals surface area contributed by atoms with Crippen LogP contribution in [0.1, 0.15) is 75.2 Å². The number of likely N-dealkylation sites (tertiary alicyclic amines) is 1. The van der Waals surface area contributed by atoms with Crippen LogP contribution in [0.3, 0.4) is 0 Å². The number of benzene rings is 1. The Bertz CT molecular complexity index is 1290. The predicted octanol–water partition coefficient (Wildman–Crippen LogP) is 4.03. The van der Waals surface area contributed by atoms with Gasteiger partial charge in [0.05, 0.1) is 13.2 Å². The highest BCUT2D eigenvalue weighted by Crippen LogP contribution is 2.64. The van der Waals surface area contributed by atoms with E-state index >= 15 is 0 Å². The number of hydrogen-bond donors (Lipinski definition) is 2. The number of aromatic nitrogens is 1. The van der Waals surface area contributed by atoms with E-state index in [1.165, 1.54) is 12.8 Å². The van der Waals surface area contributed by atoms with Crippen LogP contribution in [0, 0.1) is 23.2 Å². The van der Waals surface area contributed by atoms with E-state index in [1.807, 2.05) is 18.2 Å². The quantitative estimate of drug-likeness (QED) is 0.547. The van der Waals surface area contributed by atoms with Crippen molar-refractivity contribution in [2.45, 2.75) is 76.8 Å². The number of aromatic amines is 1. The fraction of sp³-hybridized carbons (Fsp3) is 0.600. The maximum absolute atomic E-state index is 14.0. The highest BCUT2D eigenvalue weighted by atomic mass is 16.5. The molecule has 202 valence electrons. The van der Waals surface area contributed by atoms with Crippen molar-refractivity contribution in [2.24, 2.45) is 23.2 Å². The molecule has 1 aromatic carbocycles. The number of carbonyl (C=O) groups excluding carboxylic acids is 4. The lowest BCUT2D eigenvalue weighted by molar-refractivity contribution is -0.132. The molecule has 1 aliphatic heterocycles. The van der Waals surface area contributed by atoms with Gasteiger partial charge in [-0.15, -0.1) is 0 Å². The fourth-order valence-corrected chi connectivity index (χ4v) is 7.53. The van der Waals surface area contributed by atoms with Gasteiger partial charge in [-0.25, -0.2) is 0 Å². The molecule has 5 unspecified atom stereocenters. The number of ketones is 2. The van der Waals surface area contributed by atoms with Crippen LogP contribution in [0.15, 0.2) is 24.3 Å². The molecular formula is C30H37N3O5. The number of nitrogens with zero attached hydrogens (tertiary/aromatic N) is 1. The summed E-state index contributed by atoms with van der Waals surface area (Å²) in [4.78, 5) is 58.0. The number of amides is 2. The van der Waals surface area contributed by atoms with Crippen molar-refractivity contribution < 1.29 is 23.9 Å². The van der Waals surface area contributed by atoms with E-state index in [2.05, 4.69) is 10.3 Å². The summed E-state index contributed by atoms with van der Waals surface area (Å²) in [6.07, 6.45) is 7.23. The van der Waals surface area contributed by atoms with Gasteiger partial charge in [-0.1, -0.05) is 13.0 Å². The summed E-state index contributed by atoms with van der Waals surface area (Å²) in [6.45, 7) is 2.33. The Balaban J connectivity index is 1.27. The van der Waals surface area contributed by atoms with Crippen LogP contribution in [-0.4, -0.2) is 59.0 Å². The first kappa shape index (κ1) is 25.1. The number of fused-ring (bicyclic) bond motifs is 2. The molecule has 0 bridgehead atoms. The molecule has 2 aromatic rings. The zero-order valence-corrected chi connectivity index (χ0v) is 22.3. The Morgan fingerprint density at radius 2 is 2.05 bits per heavy atom. The topological polar surface area (TPSA) is 109 Å². The molecule has 8 nitrogen and oxygen atoms in total. The first-order chi connectivity index (χ1) is 18.3. The predicted molar refractivity (Wildman–Crippen MR) is 142 cm³/mol. The van der Waals surface area contributed by atoms with Crippen LogP contribution >= 0.6 is 0 Å². The van der Waals surface area contributed by atoms with Gasteiger partial charge < -0.3 is 19.9 Å². The second kappa shape index (κ2) is 9.54. The normalized spacial score (nSPS) is 28.1. The largest absolute Gasteiger partial charge is 0.496 e. The third-order valence-corrected chi connectivity index (χ3v) is 9.71. The molecule has 8 heteroatoms. The molecule has 38 heavy (non-hydrogen) atoms. The number of nitrogens with one attached hydrogen (secondary N) is 2. The molecule has 5 atom stereocenters. The third kappa shape index (κ3) is 4.31. The highest BCUT2D eigenvalue weighted by Gasteiger charge is 2.60. The van der Waals surface area contributed by atoms with E-state index in [4.69, 9.17) is 4.74 Å². The minimum absolute atomic E-state index is 0.0572. The molecular weight excluding hydrogens is 482 g/mol. The van der Waals surface area contributed by atoms with Crippen molar-refractivity contribution in [3.05, 3.63) is 30.0 Å². The Hall–Kier alpha value is -3.16. The van der Waals surface area contributed by atoms with Crippen LogP contribution in [0.25, 0.3) is 10.9 Å². The maximum Gasteiger partial charge on any atom is 0.271 e. The Morgan fingerprint density at radius 1 is 1.24 bits per heavy atom. The first-order valence-electron chi connectivity index (χ1n) is 14.1.